The molecular weight excluding hydrogens is 326 g/mol. The van der Waals surface area contributed by atoms with Gasteiger partial charge in [0, 0.05) is 17.1 Å². The van der Waals surface area contributed by atoms with Gasteiger partial charge in [-0.05, 0) is 52.8 Å². The Kier molecular flexibility index (Phi) is 5.25. The van der Waals surface area contributed by atoms with Crippen LogP contribution < -0.4 is 10.1 Å². The molecule has 19 heavy (non-hydrogen) atoms. The van der Waals surface area contributed by atoms with Gasteiger partial charge in [0.1, 0.15) is 11.5 Å². The van der Waals surface area contributed by atoms with Crippen LogP contribution in [0.2, 0.25) is 5.02 Å². The van der Waals surface area contributed by atoms with Crippen LogP contribution in [0.4, 0.5) is 0 Å². The molecule has 1 N–H and O–H groups in total. The second kappa shape index (κ2) is 6.94. The first-order valence-electron chi connectivity index (χ1n) is 6.12. The molecule has 2 nitrogen and oxygen atoms in total. The van der Waals surface area contributed by atoms with Crippen molar-refractivity contribution in [3.05, 3.63) is 57.5 Å². The van der Waals surface area contributed by atoms with Crippen molar-refractivity contribution in [3.63, 3.8) is 0 Å². The molecule has 0 heterocycles. The maximum Gasteiger partial charge on any atom is 0.141 e. The van der Waals surface area contributed by atoms with E-state index in [0.717, 1.165) is 34.6 Å². The zero-order chi connectivity index (χ0) is 13.7. The van der Waals surface area contributed by atoms with Gasteiger partial charge in [0.05, 0.1) is 4.47 Å². The maximum absolute atomic E-state index is 6.04. The van der Waals surface area contributed by atoms with Crippen LogP contribution in [0.5, 0.6) is 11.5 Å². The first-order chi connectivity index (χ1) is 9.20. The van der Waals surface area contributed by atoms with Crippen molar-refractivity contribution >= 4 is 27.5 Å². The molecule has 0 aliphatic carbocycles. The second-order valence-electron chi connectivity index (χ2n) is 4.06. The van der Waals surface area contributed by atoms with E-state index in [1.807, 2.05) is 42.5 Å². The molecule has 2 aromatic carbocycles. The molecule has 0 saturated carbocycles. The van der Waals surface area contributed by atoms with Gasteiger partial charge in [-0.2, -0.15) is 0 Å². The third-order valence-electron chi connectivity index (χ3n) is 2.64. The summed E-state index contributed by atoms with van der Waals surface area (Å²) in [6.07, 6.45) is 0. The molecule has 2 aromatic rings. The zero-order valence-electron chi connectivity index (χ0n) is 10.6. The minimum absolute atomic E-state index is 0.715. The Balaban J connectivity index is 2.26. The van der Waals surface area contributed by atoms with Gasteiger partial charge in [-0.3, -0.25) is 0 Å². The fourth-order valence-corrected chi connectivity index (χ4v) is 2.25. The highest BCUT2D eigenvalue weighted by Crippen LogP contribution is 2.32. The first-order valence-corrected chi connectivity index (χ1v) is 7.29. The number of rotatable bonds is 5. The molecule has 0 unspecified atom stereocenters. The lowest BCUT2D eigenvalue weighted by molar-refractivity contribution is 0.470. The van der Waals surface area contributed by atoms with Crippen molar-refractivity contribution in [2.75, 3.05) is 6.54 Å². The van der Waals surface area contributed by atoms with Crippen LogP contribution >= 0.6 is 27.5 Å². The lowest BCUT2D eigenvalue weighted by Crippen LogP contribution is -2.12. The minimum Gasteiger partial charge on any atom is -0.456 e. The van der Waals surface area contributed by atoms with E-state index < -0.39 is 0 Å². The lowest BCUT2D eigenvalue weighted by Gasteiger charge is -2.13. The number of hydrogen-bond acceptors (Lipinski definition) is 2. The summed E-state index contributed by atoms with van der Waals surface area (Å²) >= 11 is 9.52. The molecule has 100 valence electrons. The summed E-state index contributed by atoms with van der Waals surface area (Å²) in [6.45, 7) is 3.71. The van der Waals surface area contributed by atoms with Crippen LogP contribution in [0.1, 0.15) is 12.5 Å². The van der Waals surface area contributed by atoms with Gasteiger partial charge >= 0.3 is 0 Å². The molecule has 2 rings (SSSR count). The van der Waals surface area contributed by atoms with Crippen molar-refractivity contribution < 1.29 is 4.74 Å². The second-order valence-corrected chi connectivity index (χ2v) is 5.36. The van der Waals surface area contributed by atoms with E-state index in [4.69, 9.17) is 16.3 Å². The summed E-state index contributed by atoms with van der Waals surface area (Å²) in [5.41, 5.74) is 1.05. The smallest absolute Gasteiger partial charge is 0.141 e. The monoisotopic (exact) mass is 339 g/mol. The molecule has 0 aromatic heterocycles. The molecule has 0 fully saturated rings. The van der Waals surface area contributed by atoms with E-state index >= 15 is 0 Å². The molecule has 4 heteroatoms. The molecule has 0 spiro atoms. The van der Waals surface area contributed by atoms with E-state index in [0.29, 0.717) is 5.02 Å². The van der Waals surface area contributed by atoms with Crippen molar-refractivity contribution in [1.29, 1.82) is 0 Å². The molecular formula is C15H15BrClNO. The largest absolute Gasteiger partial charge is 0.456 e. The van der Waals surface area contributed by atoms with Crippen LogP contribution in [-0.2, 0) is 6.54 Å². The predicted molar refractivity (Wildman–Crippen MR) is 83.0 cm³/mol. The summed E-state index contributed by atoms with van der Waals surface area (Å²) in [6, 6.07) is 13.4. The van der Waals surface area contributed by atoms with Gasteiger partial charge in [0.15, 0.2) is 0 Å². The topological polar surface area (TPSA) is 21.3 Å². The zero-order valence-corrected chi connectivity index (χ0v) is 13.0. The standard InChI is InChI=1S/C15H15BrClNO/c1-2-18-10-11-9-12(17)7-8-14(11)19-15-6-4-3-5-13(15)16/h3-9,18H,2,10H2,1H3. The van der Waals surface area contributed by atoms with E-state index in [1.54, 1.807) is 0 Å². The minimum atomic E-state index is 0.715. The van der Waals surface area contributed by atoms with Crippen LogP contribution in [0, 0.1) is 0 Å². The van der Waals surface area contributed by atoms with Gasteiger partial charge in [0.25, 0.3) is 0 Å². The summed E-state index contributed by atoms with van der Waals surface area (Å²) in [4.78, 5) is 0. The van der Waals surface area contributed by atoms with Crippen molar-refractivity contribution in [2.45, 2.75) is 13.5 Å². The average Bonchev–Trinajstić information content (AvgIpc) is 2.41. The Hall–Kier alpha value is -1.03. The third kappa shape index (κ3) is 3.96. The fraction of sp³-hybridized carbons (Fsp3) is 0.200. The highest BCUT2D eigenvalue weighted by atomic mass is 79.9. The van der Waals surface area contributed by atoms with Crippen molar-refractivity contribution in [2.24, 2.45) is 0 Å². The van der Waals surface area contributed by atoms with E-state index in [2.05, 4.69) is 28.2 Å². The summed E-state index contributed by atoms with van der Waals surface area (Å²) < 4.78 is 6.88. The van der Waals surface area contributed by atoms with Gasteiger partial charge in [0.2, 0.25) is 0 Å². The fourth-order valence-electron chi connectivity index (χ4n) is 1.69. The van der Waals surface area contributed by atoms with Gasteiger partial charge in [-0.1, -0.05) is 30.7 Å². The molecule has 0 saturated heterocycles. The highest BCUT2D eigenvalue weighted by molar-refractivity contribution is 9.10. The predicted octanol–water partition coefficient (Wildman–Crippen LogP) is 5.00. The summed E-state index contributed by atoms with van der Waals surface area (Å²) in [5.74, 6) is 1.61. The SMILES string of the molecule is CCNCc1cc(Cl)ccc1Oc1ccccc1Br. The third-order valence-corrected chi connectivity index (χ3v) is 3.53. The molecule has 0 atom stereocenters. The Morgan fingerprint density at radius 3 is 2.68 bits per heavy atom. The van der Waals surface area contributed by atoms with Crippen LogP contribution in [0.3, 0.4) is 0 Å². The molecule has 0 radical (unpaired) electrons. The molecule has 0 bridgehead atoms. The van der Waals surface area contributed by atoms with Gasteiger partial charge in [-0.15, -0.1) is 0 Å². The van der Waals surface area contributed by atoms with Gasteiger partial charge in [-0.25, -0.2) is 0 Å². The van der Waals surface area contributed by atoms with Crippen molar-refractivity contribution in [3.8, 4) is 11.5 Å². The number of hydrogen-bond donors (Lipinski definition) is 1. The Labute approximate surface area is 126 Å². The summed E-state index contributed by atoms with van der Waals surface area (Å²) in [7, 11) is 0. The van der Waals surface area contributed by atoms with Gasteiger partial charge < -0.3 is 10.1 Å². The van der Waals surface area contributed by atoms with Crippen LogP contribution in [0.25, 0.3) is 0 Å². The Morgan fingerprint density at radius 2 is 1.95 bits per heavy atom. The molecule has 0 aliphatic heterocycles. The number of halogens is 2. The average molecular weight is 341 g/mol. The Bertz CT molecular complexity index is 560. The van der Waals surface area contributed by atoms with E-state index in [1.165, 1.54) is 0 Å². The normalized spacial score (nSPS) is 10.5. The number of benzene rings is 2. The molecule has 0 aliphatic rings. The number of para-hydroxylation sites is 1. The lowest BCUT2D eigenvalue weighted by atomic mass is 10.2. The van der Waals surface area contributed by atoms with Crippen LogP contribution in [0.15, 0.2) is 46.9 Å². The number of nitrogens with one attached hydrogen (secondary N) is 1. The maximum atomic E-state index is 6.04. The van der Waals surface area contributed by atoms with Crippen molar-refractivity contribution in [1.82, 2.24) is 5.32 Å². The summed E-state index contributed by atoms with van der Waals surface area (Å²) in [5, 5.41) is 4.00. The van der Waals surface area contributed by atoms with E-state index in [9.17, 15) is 0 Å². The Morgan fingerprint density at radius 1 is 1.16 bits per heavy atom. The first kappa shape index (κ1) is 14.4. The van der Waals surface area contributed by atoms with E-state index in [-0.39, 0.29) is 0 Å². The highest BCUT2D eigenvalue weighted by Gasteiger charge is 2.07. The number of ether oxygens (including phenoxy) is 1. The molecule has 0 amide bonds. The van der Waals surface area contributed by atoms with Crippen LogP contribution in [-0.4, -0.2) is 6.54 Å². The quantitative estimate of drug-likeness (QED) is 0.826.